The topological polar surface area (TPSA) is 56.1 Å². The lowest BCUT2D eigenvalue weighted by Gasteiger charge is -2.28. The molecule has 5 heteroatoms. The smallest absolute Gasteiger partial charge is 0.408 e. The number of aromatic nitrogens is 2. The van der Waals surface area contributed by atoms with Crippen LogP contribution in [-0.4, -0.2) is 21.2 Å². The van der Waals surface area contributed by atoms with Crippen LogP contribution in [0.5, 0.6) is 0 Å². The van der Waals surface area contributed by atoms with Crippen molar-refractivity contribution in [3.05, 3.63) is 18.2 Å². The van der Waals surface area contributed by atoms with E-state index in [1.807, 2.05) is 33.3 Å². The minimum Gasteiger partial charge on any atom is -0.444 e. The van der Waals surface area contributed by atoms with Crippen LogP contribution >= 0.6 is 0 Å². The fourth-order valence-electron chi connectivity index (χ4n) is 2.56. The Labute approximate surface area is 127 Å². The summed E-state index contributed by atoms with van der Waals surface area (Å²) in [6.07, 6.45) is 8.10. The van der Waals surface area contributed by atoms with Gasteiger partial charge >= 0.3 is 6.09 Å². The Balaban J connectivity index is 2.00. The fourth-order valence-corrected chi connectivity index (χ4v) is 2.56. The minimum atomic E-state index is -0.478. The molecule has 1 aliphatic rings. The van der Waals surface area contributed by atoms with Crippen molar-refractivity contribution in [2.45, 2.75) is 71.6 Å². The third kappa shape index (κ3) is 4.48. The number of amides is 1. The molecule has 1 aromatic heterocycles. The molecule has 1 heterocycles. The number of carbonyl (C=O) groups excluding carboxylic acids is 1. The molecular weight excluding hydrogens is 266 g/mol. The van der Waals surface area contributed by atoms with Gasteiger partial charge < -0.3 is 14.6 Å². The predicted molar refractivity (Wildman–Crippen MR) is 82.0 cm³/mol. The van der Waals surface area contributed by atoms with Crippen molar-refractivity contribution in [3.63, 3.8) is 0 Å². The van der Waals surface area contributed by atoms with E-state index in [0.717, 1.165) is 24.6 Å². The molecule has 0 aromatic carbocycles. The summed E-state index contributed by atoms with van der Waals surface area (Å²) in [6, 6.07) is -0.0533. The van der Waals surface area contributed by atoms with Crippen molar-refractivity contribution in [1.29, 1.82) is 0 Å². The van der Waals surface area contributed by atoms with E-state index < -0.39 is 5.60 Å². The van der Waals surface area contributed by atoms with Gasteiger partial charge in [-0.05, 0) is 46.0 Å². The van der Waals surface area contributed by atoms with Crippen LogP contribution in [0.15, 0.2) is 12.5 Å². The molecule has 1 fully saturated rings. The highest BCUT2D eigenvalue weighted by Gasteiger charge is 2.24. The Morgan fingerprint density at radius 3 is 2.76 bits per heavy atom. The molecule has 1 aromatic rings. The Bertz CT molecular complexity index is 472. The van der Waals surface area contributed by atoms with Gasteiger partial charge in [0.2, 0.25) is 0 Å². The van der Waals surface area contributed by atoms with E-state index in [4.69, 9.17) is 4.74 Å². The number of hydrogen-bond acceptors (Lipinski definition) is 3. The summed E-state index contributed by atoms with van der Waals surface area (Å²) in [5.74, 6) is 0.761. The first-order chi connectivity index (χ1) is 9.89. The molecule has 0 saturated heterocycles. The van der Waals surface area contributed by atoms with Crippen LogP contribution in [0.1, 0.15) is 65.1 Å². The molecule has 1 amide bonds. The average Bonchev–Trinajstić information content (AvgIpc) is 2.76. The molecule has 1 saturated carbocycles. The molecule has 118 valence electrons. The van der Waals surface area contributed by atoms with Crippen LogP contribution in [0.2, 0.25) is 0 Å². The van der Waals surface area contributed by atoms with Gasteiger partial charge in [0.15, 0.2) is 0 Å². The predicted octanol–water partition coefficient (Wildman–Crippen LogP) is 3.66. The van der Waals surface area contributed by atoms with E-state index >= 15 is 0 Å². The average molecular weight is 293 g/mol. The standard InChI is InChI=1S/C16H27N3O2/c1-5-13(18-15(20)21-16(2,3)4)14-9-17-11-19(14)10-12-7-6-8-12/h9,11-13H,5-8,10H2,1-4H3,(H,18,20)/t13-/m1/s1. The maximum absolute atomic E-state index is 12.0. The highest BCUT2D eigenvalue weighted by molar-refractivity contribution is 5.68. The van der Waals surface area contributed by atoms with Gasteiger partial charge in [-0.15, -0.1) is 0 Å². The normalized spacial score (nSPS) is 17.1. The van der Waals surface area contributed by atoms with Gasteiger partial charge in [-0.2, -0.15) is 0 Å². The molecule has 1 N–H and O–H groups in total. The van der Waals surface area contributed by atoms with Gasteiger partial charge in [0, 0.05) is 6.54 Å². The minimum absolute atomic E-state index is 0.0533. The number of carbonyl (C=O) groups is 1. The third-order valence-corrected chi connectivity index (χ3v) is 3.88. The third-order valence-electron chi connectivity index (χ3n) is 3.88. The number of alkyl carbamates (subject to hydrolysis) is 1. The lowest BCUT2D eigenvalue weighted by Crippen LogP contribution is -2.35. The monoisotopic (exact) mass is 293 g/mol. The van der Waals surface area contributed by atoms with E-state index in [1.54, 1.807) is 0 Å². The molecule has 0 unspecified atom stereocenters. The Kier molecular flexibility index (Phi) is 4.91. The molecule has 1 atom stereocenters. The molecule has 5 nitrogen and oxygen atoms in total. The van der Waals surface area contributed by atoms with Crippen molar-refractivity contribution in [2.75, 3.05) is 0 Å². The highest BCUT2D eigenvalue weighted by Crippen LogP contribution is 2.29. The summed E-state index contributed by atoms with van der Waals surface area (Å²) in [7, 11) is 0. The molecule has 21 heavy (non-hydrogen) atoms. The number of imidazole rings is 1. The first-order valence-corrected chi connectivity index (χ1v) is 7.88. The van der Waals surface area contributed by atoms with E-state index in [2.05, 4.69) is 21.8 Å². The summed E-state index contributed by atoms with van der Waals surface area (Å²) >= 11 is 0. The van der Waals surface area contributed by atoms with E-state index in [0.29, 0.717) is 0 Å². The molecule has 0 spiro atoms. The van der Waals surface area contributed by atoms with Gasteiger partial charge in [-0.25, -0.2) is 9.78 Å². The summed E-state index contributed by atoms with van der Waals surface area (Å²) in [5, 5.41) is 2.95. The molecule has 0 radical (unpaired) electrons. The van der Waals surface area contributed by atoms with Crippen LogP contribution in [0.3, 0.4) is 0 Å². The highest BCUT2D eigenvalue weighted by atomic mass is 16.6. The maximum Gasteiger partial charge on any atom is 0.408 e. The number of nitrogens with one attached hydrogen (secondary N) is 1. The van der Waals surface area contributed by atoms with Crippen LogP contribution in [0.4, 0.5) is 4.79 Å². The SMILES string of the molecule is CC[C@@H](NC(=O)OC(C)(C)C)c1cncn1CC1CCC1. The van der Waals surface area contributed by atoms with Gasteiger partial charge in [0.25, 0.3) is 0 Å². The largest absolute Gasteiger partial charge is 0.444 e. The molecule has 0 aliphatic heterocycles. The van der Waals surface area contributed by atoms with Crippen molar-refractivity contribution in [3.8, 4) is 0 Å². The number of ether oxygens (including phenoxy) is 1. The van der Waals surface area contributed by atoms with Crippen LogP contribution in [0.25, 0.3) is 0 Å². The second-order valence-corrected chi connectivity index (χ2v) is 6.87. The van der Waals surface area contributed by atoms with Crippen molar-refractivity contribution >= 4 is 6.09 Å². The molecular formula is C16H27N3O2. The molecule has 2 rings (SSSR count). The van der Waals surface area contributed by atoms with Gasteiger partial charge in [0.05, 0.1) is 24.3 Å². The van der Waals surface area contributed by atoms with Gasteiger partial charge in [-0.1, -0.05) is 13.3 Å². The summed E-state index contributed by atoms with van der Waals surface area (Å²) in [5.41, 5.74) is 0.587. The number of rotatable bonds is 5. The van der Waals surface area contributed by atoms with E-state index in [-0.39, 0.29) is 12.1 Å². The summed E-state index contributed by atoms with van der Waals surface area (Å²) in [4.78, 5) is 16.2. The summed E-state index contributed by atoms with van der Waals surface area (Å²) < 4.78 is 7.52. The number of nitrogens with zero attached hydrogens (tertiary/aromatic N) is 2. The van der Waals surface area contributed by atoms with Crippen LogP contribution in [-0.2, 0) is 11.3 Å². The lowest BCUT2D eigenvalue weighted by atomic mass is 9.85. The van der Waals surface area contributed by atoms with E-state index in [9.17, 15) is 4.79 Å². The van der Waals surface area contributed by atoms with Gasteiger partial charge in [0.1, 0.15) is 5.60 Å². The Morgan fingerprint density at radius 1 is 1.52 bits per heavy atom. The van der Waals surface area contributed by atoms with Crippen LogP contribution < -0.4 is 5.32 Å². The van der Waals surface area contributed by atoms with Crippen LogP contribution in [0, 0.1) is 5.92 Å². The van der Waals surface area contributed by atoms with Gasteiger partial charge in [-0.3, -0.25) is 0 Å². The Hall–Kier alpha value is -1.52. The van der Waals surface area contributed by atoms with Crippen molar-refractivity contribution in [2.24, 2.45) is 5.92 Å². The first-order valence-electron chi connectivity index (χ1n) is 7.88. The maximum atomic E-state index is 12.0. The zero-order valence-electron chi connectivity index (χ0n) is 13.6. The summed E-state index contributed by atoms with van der Waals surface area (Å²) in [6.45, 7) is 8.67. The second-order valence-electron chi connectivity index (χ2n) is 6.87. The van der Waals surface area contributed by atoms with E-state index in [1.165, 1.54) is 19.3 Å². The Morgan fingerprint density at radius 2 is 2.24 bits per heavy atom. The first kappa shape index (κ1) is 15.9. The van der Waals surface area contributed by atoms with Crippen molar-refractivity contribution < 1.29 is 9.53 Å². The second kappa shape index (κ2) is 6.50. The molecule has 0 bridgehead atoms. The van der Waals surface area contributed by atoms with Crippen molar-refractivity contribution in [1.82, 2.24) is 14.9 Å². The zero-order valence-corrected chi connectivity index (χ0v) is 13.6. The number of hydrogen-bond donors (Lipinski definition) is 1. The lowest BCUT2D eigenvalue weighted by molar-refractivity contribution is 0.0500. The zero-order chi connectivity index (χ0) is 15.5. The quantitative estimate of drug-likeness (QED) is 0.901. The fraction of sp³-hybridized carbons (Fsp3) is 0.750. The molecule has 1 aliphatic carbocycles.